The minimum Gasteiger partial charge on any atom is -0.488 e. The average molecular weight is 385 g/mol. The van der Waals surface area contributed by atoms with E-state index >= 15 is 0 Å². The molecule has 1 aromatic rings. The third-order valence-corrected chi connectivity index (χ3v) is 2.19. The van der Waals surface area contributed by atoms with Crippen molar-refractivity contribution in [3.8, 4) is 5.75 Å². The van der Waals surface area contributed by atoms with E-state index in [1.54, 1.807) is 32.3 Å². The highest BCUT2D eigenvalue weighted by Crippen LogP contribution is 2.14. The van der Waals surface area contributed by atoms with Gasteiger partial charge in [0, 0.05) is 20.6 Å². The number of alkyl halides is 2. The quantitative estimate of drug-likeness (QED) is 0.465. The van der Waals surface area contributed by atoms with Crippen molar-refractivity contribution >= 4 is 29.9 Å². The van der Waals surface area contributed by atoms with Crippen molar-refractivity contribution < 1.29 is 13.5 Å². The second-order valence-electron chi connectivity index (χ2n) is 3.53. The zero-order valence-electron chi connectivity index (χ0n) is 10.8. The Labute approximate surface area is 128 Å². The summed E-state index contributed by atoms with van der Waals surface area (Å²) in [5.74, 6) is 1.10. The number of nitrogens with zero attached hydrogens (tertiary/aromatic N) is 1. The topological polar surface area (TPSA) is 45.7 Å². The van der Waals surface area contributed by atoms with E-state index in [1.165, 1.54) is 0 Å². The number of hydrogen-bond acceptors (Lipinski definition) is 2. The van der Waals surface area contributed by atoms with Gasteiger partial charge in [-0.1, -0.05) is 12.1 Å². The van der Waals surface area contributed by atoms with Crippen LogP contribution in [0.1, 0.15) is 5.56 Å². The van der Waals surface area contributed by atoms with E-state index in [-0.39, 0.29) is 24.0 Å². The van der Waals surface area contributed by atoms with E-state index in [4.69, 9.17) is 4.74 Å². The van der Waals surface area contributed by atoms with Gasteiger partial charge in [0.25, 0.3) is 6.43 Å². The number of benzene rings is 1. The first-order chi connectivity index (χ1) is 8.65. The van der Waals surface area contributed by atoms with Crippen molar-refractivity contribution in [1.29, 1.82) is 0 Å². The summed E-state index contributed by atoms with van der Waals surface area (Å²) in [4.78, 5) is 3.97. The van der Waals surface area contributed by atoms with Crippen LogP contribution in [-0.2, 0) is 6.54 Å². The zero-order valence-corrected chi connectivity index (χ0v) is 13.2. The maximum absolute atomic E-state index is 12.0. The van der Waals surface area contributed by atoms with Crippen LogP contribution in [0.2, 0.25) is 0 Å². The van der Waals surface area contributed by atoms with Crippen LogP contribution in [0.15, 0.2) is 29.3 Å². The van der Waals surface area contributed by atoms with Crippen LogP contribution in [0, 0.1) is 0 Å². The summed E-state index contributed by atoms with van der Waals surface area (Å²) in [5, 5.41) is 5.95. The number of ether oxygens (including phenoxy) is 1. The van der Waals surface area contributed by atoms with E-state index in [0.29, 0.717) is 18.3 Å². The van der Waals surface area contributed by atoms with Gasteiger partial charge >= 0.3 is 0 Å². The molecule has 0 saturated carbocycles. The summed E-state index contributed by atoms with van der Waals surface area (Å²) in [5.41, 5.74) is 0.929. The lowest BCUT2D eigenvalue weighted by Crippen LogP contribution is -2.34. The van der Waals surface area contributed by atoms with Gasteiger partial charge in [-0.2, -0.15) is 0 Å². The molecule has 0 heterocycles. The Bertz CT molecular complexity index is 402. The molecule has 7 heteroatoms. The minimum atomic E-state index is -2.46. The molecular weight excluding hydrogens is 367 g/mol. The van der Waals surface area contributed by atoms with E-state index in [1.807, 2.05) is 6.07 Å². The highest BCUT2D eigenvalue weighted by atomic mass is 127. The Hall–Kier alpha value is -1.12. The molecule has 0 spiro atoms. The van der Waals surface area contributed by atoms with E-state index in [0.717, 1.165) is 5.56 Å². The third-order valence-electron chi connectivity index (χ3n) is 2.19. The molecule has 4 nitrogen and oxygen atoms in total. The lowest BCUT2D eigenvalue weighted by Gasteiger charge is -2.10. The van der Waals surface area contributed by atoms with E-state index in [2.05, 4.69) is 15.6 Å². The van der Waals surface area contributed by atoms with Crippen LogP contribution in [0.4, 0.5) is 8.78 Å². The van der Waals surface area contributed by atoms with Gasteiger partial charge in [-0.25, -0.2) is 8.78 Å². The summed E-state index contributed by atoms with van der Waals surface area (Å²) in [6.07, 6.45) is -2.46. The smallest absolute Gasteiger partial charge is 0.272 e. The zero-order chi connectivity index (χ0) is 13.4. The van der Waals surface area contributed by atoms with Crippen molar-refractivity contribution in [1.82, 2.24) is 10.6 Å². The third kappa shape index (κ3) is 7.14. The van der Waals surface area contributed by atoms with Crippen LogP contribution >= 0.6 is 24.0 Å². The Morgan fingerprint density at radius 2 is 2.16 bits per heavy atom. The molecule has 0 fully saturated rings. The van der Waals surface area contributed by atoms with Crippen LogP contribution in [-0.4, -0.2) is 33.1 Å². The molecular formula is C12H18F2IN3O. The number of rotatable bonds is 5. The summed E-state index contributed by atoms with van der Waals surface area (Å²) < 4.78 is 29.0. The van der Waals surface area contributed by atoms with Crippen LogP contribution in [0.25, 0.3) is 0 Å². The second-order valence-corrected chi connectivity index (χ2v) is 3.53. The average Bonchev–Trinajstić information content (AvgIpc) is 2.38. The van der Waals surface area contributed by atoms with Crippen LogP contribution < -0.4 is 15.4 Å². The first-order valence-corrected chi connectivity index (χ1v) is 5.54. The monoisotopic (exact) mass is 385 g/mol. The molecule has 0 saturated heterocycles. The van der Waals surface area contributed by atoms with Crippen LogP contribution in [0.3, 0.4) is 0 Å². The summed E-state index contributed by atoms with van der Waals surface area (Å²) >= 11 is 0. The predicted molar refractivity (Wildman–Crippen MR) is 82.6 cm³/mol. The Morgan fingerprint density at radius 1 is 1.42 bits per heavy atom. The van der Waals surface area contributed by atoms with Gasteiger partial charge in [0.05, 0.1) is 0 Å². The molecule has 1 aromatic carbocycles. The van der Waals surface area contributed by atoms with Crippen molar-refractivity contribution in [2.24, 2.45) is 4.99 Å². The van der Waals surface area contributed by atoms with Crippen LogP contribution in [0.5, 0.6) is 5.75 Å². The number of aliphatic imine (C=N–C) groups is 1. The maximum atomic E-state index is 12.0. The summed E-state index contributed by atoms with van der Waals surface area (Å²) in [6.45, 7) is -0.0472. The standard InChI is InChI=1S/C12H17F2N3O.HI/c1-15-12(16-2)17-7-9-4-3-5-10(6-9)18-8-11(13)14;/h3-6,11H,7-8H2,1-2H3,(H2,15,16,17);1H. The normalized spacial score (nSPS) is 10.9. The summed E-state index contributed by atoms with van der Waals surface area (Å²) in [6, 6.07) is 7.02. The molecule has 0 aliphatic rings. The van der Waals surface area contributed by atoms with E-state index in [9.17, 15) is 8.78 Å². The van der Waals surface area contributed by atoms with Gasteiger partial charge in [-0.15, -0.1) is 24.0 Å². The molecule has 0 aromatic heterocycles. The molecule has 1 rings (SSSR count). The van der Waals surface area contributed by atoms with Gasteiger partial charge in [-0.05, 0) is 17.7 Å². The molecule has 0 unspecified atom stereocenters. The first kappa shape index (κ1) is 17.9. The highest BCUT2D eigenvalue weighted by molar-refractivity contribution is 14.0. The van der Waals surface area contributed by atoms with Gasteiger partial charge in [0.1, 0.15) is 12.4 Å². The molecule has 19 heavy (non-hydrogen) atoms. The predicted octanol–water partition coefficient (Wildman–Crippen LogP) is 2.24. The molecule has 0 atom stereocenters. The number of hydrogen-bond donors (Lipinski definition) is 2. The molecule has 0 aliphatic heterocycles. The van der Waals surface area contributed by atoms with E-state index < -0.39 is 13.0 Å². The first-order valence-electron chi connectivity index (χ1n) is 5.54. The van der Waals surface area contributed by atoms with Gasteiger partial charge in [0.15, 0.2) is 5.96 Å². The molecule has 0 bridgehead atoms. The Balaban J connectivity index is 0.00000324. The van der Waals surface area contributed by atoms with Gasteiger partial charge < -0.3 is 15.4 Å². The molecule has 2 N–H and O–H groups in total. The van der Waals surface area contributed by atoms with Crippen molar-refractivity contribution in [2.75, 3.05) is 20.7 Å². The lowest BCUT2D eigenvalue weighted by atomic mass is 10.2. The number of nitrogens with one attached hydrogen (secondary N) is 2. The Kier molecular flexibility index (Phi) is 9.19. The fourth-order valence-corrected chi connectivity index (χ4v) is 1.37. The summed E-state index contributed by atoms with van der Waals surface area (Å²) in [7, 11) is 3.43. The Morgan fingerprint density at radius 3 is 2.74 bits per heavy atom. The van der Waals surface area contributed by atoms with Gasteiger partial charge in [0.2, 0.25) is 0 Å². The number of halogens is 3. The number of guanidine groups is 1. The fourth-order valence-electron chi connectivity index (χ4n) is 1.37. The van der Waals surface area contributed by atoms with Crippen molar-refractivity contribution in [3.05, 3.63) is 29.8 Å². The van der Waals surface area contributed by atoms with Crippen molar-refractivity contribution in [2.45, 2.75) is 13.0 Å². The SMILES string of the molecule is CN=C(NC)NCc1cccc(OCC(F)F)c1.I. The largest absolute Gasteiger partial charge is 0.488 e. The fraction of sp³-hybridized carbons (Fsp3) is 0.417. The highest BCUT2D eigenvalue weighted by Gasteiger charge is 2.04. The maximum Gasteiger partial charge on any atom is 0.272 e. The second kappa shape index (κ2) is 9.76. The van der Waals surface area contributed by atoms with Crippen molar-refractivity contribution in [3.63, 3.8) is 0 Å². The molecule has 0 radical (unpaired) electrons. The molecule has 108 valence electrons. The molecule has 0 amide bonds. The molecule has 0 aliphatic carbocycles. The van der Waals surface area contributed by atoms with Gasteiger partial charge in [-0.3, -0.25) is 4.99 Å². The lowest BCUT2D eigenvalue weighted by molar-refractivity contribution is 0.0818. The minimum absolute atomic E-state index is 0.